The van der Waals surface area contributed by atoms with Gasteiger partial charge in [-0.3, -0.25) is 4.98 Å². The first-order valence-corrected chi connectivity index (χ1v) is 9.89. The first kappa shape index (κ1) is 19.6. The molecule has 1 aromatic carbocycles. The minimum Gasteiger partial charge on any atom is -0.496 e. The van der Waals surface area contributed by atoms with E-state index in [4.69, 9.17) is 13.7 Å². The van der Waals surface area contributed by atoms with Crippen LogP contribution in [0.15, 0.2) is 57.6 Å². The van der Waals surface area contributed by atoms with Crippen molar-refractivity contribution >= 4 is 0 Å². The van der Waals surface area contributed by atoms with Crippen molar-refractivity contribution in [2.24, 2.45) is 0 Å². The lowest BCUT2D eigenvalue weighted by Crippen LogP contribution is -2.05. The molecule has 0 saturated heterocycles. The second-order valence-electron chi connectivity index (χ2n) is 7.04. The topological polar surface area (TPSA) is 118 Å². The molecular formula is C22H19N7O3. The predicted molar refractivity (Wildman–Crippen MR) is 114 cm³/mol. The van der Waals surface area contributed by atoms with E-state index in [1.165, 1.54) is 0 Å². The average Bonchev–Trinajstić information content (AvgIpc) is 3.54. The van der Waals surface area contributed by atoms with Crippen LogP contribution in [0.2, 0.25) is 0 Å². The number of ether oxygens (including phenoxy) is 1. The number of pyridine rings is 1. The quantitative estimate of drug-likeness (QED) is 0.398. The van der Waals surface area contributed by atoms with Gasteiger partial charge in [0.25, 0.3) is 5.89 Å². The molecule has 0 aliphatic heterocycles. The number of hydrogen-bond donors (Lipinski definition) is 0. The Bertz CT molecular complexity index is 1370. The van der Waals surface area contributed by atoms with Crippen molar-refractivity contribution in [3.63, 3.8) is 0 Å². The van der Waals surface area contributed by atoms with Crippen LogP contribution in [0, 0.1) is 13.8 Å². The van der Waals surface area contributed by atoms with Gasteiger partial charge in [-0.25, -0.2) is 9.67 Å². The standard InChI is InChI=1S/C22H19N7O3/c1-13-19(22-25-20(27-32-22)16-9-6-7-11-23-16)26-28-29(13)12-17-14(2)31-21(24-17)15-8-4-5-10-18(15)30-3/h4-11H,12H2,1-3H3. The molecule has 0 radical (unpaired) electrons. The molecule has 0 aliphatic rings. The SMILES string of the molecule is COc1ccccc1-c1nc(Cn2nnc(-c3nc(-c4ccccn4)no3)c2C)c(C)o1. The highest BCUT2D eigenvalue weighted by molar-refractivity contribution is 5.63. The lowest BCUT2D eigenvalue weighted by molar-refractivity contribution is 0.414. The van der Waals surface area contributed by atoms with Gasteiger partial charge < -0.3 is 13.7 Å². The molecular weight excluding hydrogens is 410 g/mol. The Hall–Kier alpha value is -4.34. The number of aromatic nitrogens is 7. The molecule has 0 amide bonds. The van der Waals surface area contributed by atoms with E-state index in [1.54, 1.807) is 18.0 Å². The molecule has 160 valence electrons. The molecule has 4 heterocycles. The van der Waals surface area contributed by atoms with Crippen molar-refractivity contribution < 1.29 is 13.7 Å². The molecule has 10 nitrogen and oxygen atoms in total. The predicted octanol–water partition coefficient (Wildman–Crippen LogP) is 3.72. The Morgan fingerprint density at radius 1 is 1.00 bits per heavy atom. The number of para-hydroxylation sites is 1. The number of nitrogens with zero attached hydrogens (tertiary/aromatic N) is 7. The van der Waals surface area contributed by atoms with Crippen LogP contribution < -0.4 is 4.74 Å². The fraction of sp³-hybridized carbons (Fsp3) is 0.182. The lowest BCUT2D eigenvalue weighted by atomic mass is 10.2. The maximum absolute atomic E-state index is 5.90. The van der Waals surface area contributed by atoms with Crippen molar-refractivity contribution in [3.8, 4) is 40.3 Å². The maximum Gasteiger partial charge on any atom is 0.280 e. The molecule has 0 fully saturated rings. The number of aryl methyl sites for hydroxylation is 1. The smallest absolute Gasteiger partial charge is 0.280 e. The largest absolute Gasteiger partial charge is 0.496 e. The van der Waals surface area contributed by atoms with Crippen LogP contribution in [0.25, 0.3) is 34.6 Å². The van der Waals surface area contributed by atoms with E-state index in [1.807, 2.05) is 56.3 Å². The fourth-order valence-electron chi connectivity index (χ4n) is 3.28. The third-order valence-electron chi connectivity index (χ3n) is 5.03. The molecule has 5 rings (SSSR count). The van der Waals surface area contributed by atoms with Crippen LogP contribution in [-0.2, 0) is 6.54 Å². The summed E-state index contributed by atoms with van der Waals surface area (Å²) in [5, 5.41) is 12.5. The molecule has 0 bridgehead atoms. The van der Waals surface area contributed by atoms with Crippen molar-refractivity contribution in [1.82, 2.24) is 35.1 Å². The summed E-state index contributed by atoms with van der Waals surface area (Å²) in [6.07, 6.45) is 1.67. The Morgan fingerprint density at radius 2 is 1.84 bits per heavy atom. The van der Waals surface area contributed by atoms with E-state index in [0.717, 1.165) is 17.0 Å². The molecule has 0 aliphatic carbocycles. The van der Waals surface area contributed by atoms with Crippen molar-refractivity contribution in [2.75, 3.05) is 7.11 Å². The van der Waals surface area contributed by atoms with Gasteiger partial charge in [0.1, 0.15) is 22.9 Å². The van der Waals surface area contributed by atoms with Gasteiger partial charge in [-0.2, -0.15) is 4.98 Å². The highest BCUT2D eigenvalue weighted by Gasteiger charge is 2.21. The number of rotatable bonds is 6. The number of oxazole rings is 1. The van der Waals surface area contributed by atoms with E-state index in [2.05, 4.69) is 30.4 Å². The first-order chi connectivity index (χ1) is 15.6. The lowest BCUT2D eigenvalue weighted by Gasteiger charge is -2.03. The van der Waals surface area contributed by atoms with Crippen LogP contribution in [0.3, 0.4) is 0 Å². The van der Waals surface area contributed by atoms with Crippen molar-refractivity contribution in [3.05, 3.63) is 65.8 Å². The van der Waals surface area contributed by atoms with Crippen LogP contribution in [-0.4, -0.2) is 42.2 Å². The van der Waals surface area contributed by atoms with Gasteiger partial charge in [0, 0.05) is 6.20 Å². The fourth-order valence-corrected chi connectivity index (χ4v) is 3.28. The maximum atomic E-state index is 5.90. The van der Waals surface area contributed by atoms with Crippen LogP contribution in [0.5, 0.6) is 5.75 Å². The van der Waals surface area contributed by atoms with Gasteiger partial charge in [0.2, 0.25) is 11.7 Å². The van der Waals surface area contributed by atoms with Crippen molar-refractivity contribution in [1.29, 1.82) is 0 Å². The average molecular weight is 429 g/mol. The molecule has 4 aromatic heterocycles. The third-order valence-corrected chi connectivity index (χ3v) is 5.03. The third kappa shape index (κ3) is 3.51. The summed E-state index contributed by atoms with van der Waals surface area (Å²) in [7, 11) is 1.62. The summed E-state index contributed by atoms with van der Waals surface area (Å²) in [4.78, 5) is 13.3. The Balaban J connectivity index is 1.42. The van der Waals surface area contributed by atoms with E-state index < -0.39 is 0 Å². The van der Waals surface area contributed by atoms with Crippen molar-refractivity contribution in [2.45, 2.75) is 20.4 Å². The van der Waals surface area contributed by atoms with Gasteiger partial charge in [-0.1, -0.05) is 28.6 Å². The van der Waals surface area contributed by atoms with Crippen LogP contribution >= 0.6 is 0 Å². The second-order valence-corrected chi connectivity index (χ2v) is 7.04. The van der Waals surface area contributed by atoms with Gasteiger partial charge in [0.05, 0.1) is 24.9 Å². The second kappa shape index (κ2) is 8.06. The molecule has 5 aromatic rings. The summed E-state index contributed by atoms with van der Waals surface area (Å²) >= 11 is 0. The zero-order chi connectivity index (χ0) is 22.1. The zero-order valence-electron chi connectivity index (χ0n) is 17.7. The van der Waals surface area contributed by atoms with Crippen LogP contribution in [0.1, 0.15) is 17.1 Å². The summed E-state index contributed by atoms with van der Waals surface area (Å²) in [5.74, 6) is 2.55. The van der Waals surface area contributed by atoms with Gasteiger partial charge >= 0.3 is 0 Å². The zero-order valence-corrected chi connectivity index (χ0v) is 17.7. The van der Waals surface area contributed by atoms with E-state index in [-0.39, 0.29) is 5.89 Å². The summed E-state index contributed by atoms with van der Waals surface area (Å²) < 4.78 is 18.4. The minimum atomic E-state index is 0.279. The summed E-state index contributed by atoms with van der Waals surface area (Å²) in [6, 6.07) is 13.1. The van der Waals surface area contributed by atoms with Gasteiger partial charge in [-0.05, 0) is 38.1 Å². The number of methoxy groups -OCH3 is 1. The molecule has 0 spiro atoms. The van der Waals surface area contributed by atoms with E-state index in [0.29, 0.717) is 41.2 Å². The number of hydrogen-bond acceptors (Lipinski definition) is 9. The Morgan fingerprint density at radius 3 is 2.66 bits per heavy atom. The molecule has 0 N–H and O–H groups in total. The molecule has 10 heteroatoms. The van der Waals surface area contributed by atoms with Crippen LogP contribution in [0.4, 0.5) is 0 Å². The van der Waals surface area contributed by atoms with E-state index >= 15 is 0 Å². The summed E-state index contributed by atoms with van der Waals surface area (Å²) in [5.41, 5.74) is 3.42. The Labute approximate surface area is 182 Å². The highest BCUT2D eigenvalue weighted by Crippen LogP contribution is 2.30. The van der Waals surface area contributed by atoms with Gasteiger partial charge in [-0.15, -0.1) is 5.10 Å². The van der Waals surface area contributed by atoms with E-state index in [9.17, 15) is 0 Å². The molecule has 32 heavy (non-hydrogen) atoms. The molecule has 0 saturated carbocycles. The highest BCUT2D eigenvalue weighted by atomic mass is 16.5. The normalized spacial score (nSPS) is 11.1. The molecule has 0 atom stereocenters. The Kier molecular flexibility index (Phi) is 4.94. The monoisotopic (exact) mass is 429 g/mol. The summed E-state index contributed by atoms with van der Waals surface area (Å²) in [6.45, 7) is 4.13. The first-order valence-electron chi connectivity index (χ1n) is 9.89. The van der Waals surface area contributed by atoms with Gasteiger partial charge in [0.15, 0.2) is 5.69 Å². The number of benzene rings is 1. The minimum absolute atomic E-state index is 0.279. The molecule has 0 unspecified atom stereocenters.